The normalized spacial score (nSPS) is 20.4. The second-order valence-corrected chi connectivity index (χ2v) is 4.80. The maximum atomic E-state index is 5.68. The van der Waals surface area contributed by atoms with Crippen LogP contribution in [0.4, 0.5) is 0 Å². The molecule has 0 aromatic carbocycles. The van der Waals surface area contributed by atoms with Gasteiger partial charge in [-0.05, 0) is 54.0 Å². The van der Waals surface area contributed by atoms with Crippen LogP contribution >= 0.6 is 15.9 Å². The van der Waals surface area contributed by atoms with Gasteiger partial charge in [-0.2, -0.15) is 0 Å². The molecule has 0 aliphatic carbocycles. The molecule has 15 heavy (non-hydrogen) atoms. The molecule has 0 atom stereocenters. The molecule has 0 saturated carbocycles. The van der Waals surface area contributed by atoms with Gasteiger partial charge in [-0.25, -0.2) is 0 Å². The second kappa shape index (κ2) is 4.68. The largest absolute Gasteiger partial charge is 0.454 e. The van der Waals surface area contributed by atoms with Crippen LogP contribution in [-0.2, 0) is 11.2 Å². The fourth-order valence-corrected chi connectivity index (χ4v) is 2.44. The smallest absolute Gasteiger partial charge is 0.169 e. The number of ether oxygens (including phenoxy) is 1. The van der Waals surface area contributed by atoms with Gasteiger partial charge in [0.2, 0.25) is 0 Å². The van der Waals surface area contributed by atoms with E-state index >= 15 is 0 Å². The number of rotatable bonds is 3. The molecule has 2 rings (SSSR count). The summed E-state index contributed by atoms with van der Waals surface area (Å²) in [5.41, 5.74) is -0.0391. The van der Waals surface area contributed by atoms with E-state index < -0.39 is 0 Å². The Morgan fingerprint density at radius 2 is 2.20 bits per heavy atom. The summed E-state index contributed by atoms with van der Waals surface area (Å²) in [6.07, 6.45) is 2.94. The number of hydrogen-bond acceptors (Lipinski definition) is 3. The molecule has 1 aromatic rings. The van der Waals surface area contributed by atoms with Gasteiger partial charge in [0.15, 0.2) is 4.67 Å². The van der Waals surface area contributed by atoms with Gasteiger partial charge < -0.3 is 14.5 Å². The van der Waals surface area contributed by atoms with Crippen molar-refractivity contribution in [2.24, 2.45) is 0 Å². The maximum absolute atomic E-state index is 5.68. The van der Waals surface area contributed by atoms with E-state index in [0.717, 1.165) is 42.8 Å². The third kappa shape index (κ3) is 2.62. The van der Waals surface area contributed by atoms with E-state index in [4.69, 9.17) is 9.15 Å². The summed E-state index contributed by atoms with van der Waals surface area (Å²) in [5, 5.41) is 3.34. The van der Waals surface area contributed by atoms with Gasteiger partial charge in [0.1, 0.15) is 5.76 Å². The first-order chi connectivity index (χ1) is 7.24. The van der Waals surface area contributed by atoms with Crippen LogP contribution < -0.4 is 5.32 Å². The first-order valence-corrected chi connectivity index (χ1v) is 6.03. The van der Waals surface area contributed by atoms with Crippen molar-refractivity contribution < 1.29 is 9.15 Å². The lowest BCUT2D eigenvalue weighted by Gasteiger charge is -2.35. The third-order valence-electron chi connectivity index (χ3n) is 3.07. The van der Waals surface area contributed by atoms with Crippen molar-refractivity contribution in [3.63, 3.8) is 0 Å². The van der Waals surface area contributed by atoms with Gasteiger partial charge in [0, 0.05) is 13.5 Å². The zero-order valence-corrected chi connectivity index (χ0v) is 10.5. The lowest BCUT2D eigenvalue weighted by molar-refractivity contribution is -0.0367. The summed E-state index contributed by atoms with van der Waals surface area (Å²) in [4.78, 5) is 0. The van der Waals surface area contributed by atoms with Gasteiger partial charge in [-0.1, -0.05) is 0 Å². The van der Waals surface area contributed by atoms with Gasteiger partial charge in [0.25, 0.3) is 0 Å². The lowest BCUT2D eigenvalue weighted by Crippen LogP contribution is -2.44. The molecule has 1 aliphatic rings. The van der Waals surface area contributed by atoms with Crippen molar-refractivity contribution in [1.29, 1.82) is 0 Å². The molecule has 1 fully saturated rings. The van der Waals surface area contributed by atoms with E-state index in [-0.39, 0.29) is 5.60 Å². The summed E-state index contributed by atoms with van der Waals surface area (Å²) in [6.45, 7) is 2.05. The van der Waals surface area contributed by atoms with E-state index in [0.29, 0.717) is 0 Å². The van der Waals surface area contributed by atoms with Gasteiger partial charge >= 0.3 is 0 Å². The topological polar surface area (TPSA) is 34.4 Å². The van der Waals surface area contributed by atoms with Crippen molar-refractivity contribution in [3.05, 3.63) is 22.6 Å². The summed E-state index contributed by atoms with van der Waals surface area (Å²) < 4.78 is 12.0. The molecule has 0 radical (unpaired) electrons. The highest BCUT2D eigenvalue weighted by atomic mass is 79.9. The first kappa shape index (κ1) is 11.2. The molecule has 3 nitrogen and oxygen atoms in total. The van der Waals surface area contributed by atoms with Crippen LogP contribution in [0.25, 0.3) is 0 Å². The Labute approximate surface area is 98.3 Å². The number of furan rings is 1. The predicted molar refractivity (Wildman–Crippen MR) is 62.0 cm³/mol. The van der Waals surface area contributed by atoms with Gasteiger partial charge in [-0.15, -0.1) is 0 Å². The highest BCUT2D eigenvalue weighted by Gasteiger charge is 2.32. The minimum absolute atomic E-state index is 0.0391. The number of nitrogens with one attached hydrogen (secondary N) is 1. The Morgan fingerprint density at radius 1 is 1.47 bits per heavy atom. The molecule has 2 heterocycles. The van der Waals surface area contributed by atoms with E-state index in [1.54, 1.807) is 7.11 Å². The average Bonchev–Trinajstić information content (AvgIpc) is 2.65. The van der Waals surface area contributed by atoms with Crippen molar-refractivity contribution in [3.8, 4) is 0 Å². The number of piperidine rings is 1. The maximum Gasteiger partial charge on any atom is 0.169 e. The summed E-state index contributed by atoms with van der Waals surface area (Å²) in [6, 6.07) is 3.94. The minimum atomic E-state index is -0.0391. The zero-order valence-electron chi connectivity index (χ0n) is 8.88. The Balaban J connectivity index is 2.06. The lowest BCUT2D eigenvalue weighted by atomic mass is 9.88. The molecule has 4 heteroatoms. The molecule has 1 saturated heterocycles. The summed E-state index contributed by atoms with van der Waals surface area (Å²) in [7, 11) is 1.79. The molecule has 1 aromatic heterocycles. The molecule has 0 spiro atoms. The molecule has 1 N–H and O–H groups in total. The molecule has 1 aliphatic heterocycles. The van der Waals surface area contributed by atoms with Crippen molar-refractivity contribution in [1.82, 2.24) is 5.32 Å². The number of hydrogen-bond donors (Lipinski definition) is 1. The van der Waals surface area contributed by atoms with Crippen molar-refractivity contribution in [2.45, 2.75) is 24.9 Å². The quantitative estimate of drug-likeness (QED) is 0.918. The Bertz CT molecular complexity index is 318. The number of methoxy groups -OCH3 is 1. The molecular weight excluding hydrogens is 258 g/mol. The van der Waals surface area contributed by atoms with E-state index in [2.05, 4.69) is 21.2 Å². The first-order valence-electron chi connectivity index (χ1n) is 5.24. The van der Waals surface area contributed by atoms with Crippen LogP contribution in [0.2, 0.25) is 0 Å². The predicted octanol–water partition coefficient (Wildman–Crippen LogP) is 2.35. The van der Waals surface area contributed by atoms with Crippen molar-refractivity contribution >= 4 is 15.9 Å². The van der Waals surface area contributed by atoms with E-state index in [9.17, 15) is 0 Å². The molecule has 0 bridgehead atoms. The fraction of sp³-hybridized carbons (Fsp3) is 0.636. The summed E-state index contributed by atoms with van der Waals surface area (Å²) in [5.74, 6) is 0.991. The second-order valence-electron chi connectivity index (χ2n) is 4.02. The minimum Gasteiger partial charge on any atom is -0.454 e. The monoisotopic (exact) mass is 273 g/mol. The molecule has 0 unspecified atom stereocenters. The molecule has 84 valence electrons. The SMILES string of the molecule is COC1(Cc2ccc(Br)o2)CCNCC1. The van der Waals surface area contributed by atoms with Gasteiger partial charge in [-0.3, -0.25) is 0 Å². The fourth-order valence-electron chi connectivity index (χ4n) is 2.10. The van der Waals surface area contributed by atoms with Crippen molar-refractivity contribution in [2.75, 3.05) is 20.2 Å². The van der Waals surface area contributed by atoms with E-state index in [1.165, 1.54) is 0 Å². The highest BCUT2D eigenvalue weighted by Crippen LogP contribution is 2.28. The summed E-state index contributed by atoms with van der Waals surface area (Å²) >= 11 is 3.32. The standard InChI is InChI=1S/C11H16BrNO2/c1-14-11(4-6-13-7-5-11)8-9-2-3-10(12)15-9/h2-3,13H,4-8H2,1H3. The van der Waals surface area contributed by atoms with Crippen LogP contribution in [0.3, 0.4) is 0 Å². The Kier molecular flexibility index (Phi) is 3.49. The van der Waals surface area contributed by atoms with Gasteiger partial charge in [0.05, 0.1) is 5.60 Å². The molecule has 0 amide bonds. The van der Waals surface area contributed by atoms with Crippen LogP contribution in [0.5, 0.6) is 0 Å². The number of halogens is 1. The molecular formula is C11H16BrNO2. The Hall–Kier alpha value is -0.320. The van der Waals surface area contributed by atoms with Crippen LogP contribution in [0.15, 0.2) is 21.2 Å². The van der Waals surface area contributed by atoms with E-state index in [1.807, 2.05) is 12.1 Å². The highest BCUT2D eigenvalue weighted by molar-refractivity contribution is 9.10. The third-order valence-corrected chi connectivity index (χ3v) is 3.50. The average molecular weight is 274 g/mol. The zero-order chi connectivity index (χ0) is 10.7. The van der Waals surface area contributed by atoms with Crippen LogP contribution in [0, 0.1) is 0 Å². The Morgan fingerprint density at radius 3 is 2.73 bits per heavy atom. The van der Waals surface area contributed by atoms with Crippen LogP contribution in [-0.4, -0.2) is 25.8 Å². The van der Waals surface area contributed by atoms with Crippen LogP contribution in [0.1, 0.15) is 18.6 Å².